The Morgan fingerprint density at radius 2 is 1.54 bits per heavy atom. The molecule has 2 aromatic rings. The molecule has 0 aromatic heterocycles. The van der Waals surface area contributed by atoms with Gasteiger partial charge in [-0.3, -0.25) is 10.2 Å². The fourth-order valence-electron chi connectivity index (χ4n) is 1.84. The molecule has 0 fully saturated rings. The number of amides is 3. The van der Waals surface area contributed by atoms with Crippen LogP contribution in [0.5, 0.6) is 0 Å². The molecule has 0 bridgehead atoms. The Bertz CT molecular complexity index is 820. The summed E-state index contributed by atoms with van der Waals surface area (Å²) < 4.78 is 22.2. The maximum atomic E-state index is 11.7. The van der Waals surface area contributed by atoms with Crippen molar-refractivity contribution in [2.24, 2.45) is 5.14 Å². The molecule has 0 spiro atoms. The van der Waals surface area contributed by atoms with Crippen LogP contribution in [-0.2, 0) is 21.2 Å². The molecule has 0 radical (unpaired) electrons. The van der Waals surface area contributed by atoms with Crippen LogP contribution in [0.3, 0.4) is 0 Å². The Morgan fingerprint density at radius 3 is 2.12 bits per heavy atom. The van der Waals surface area contributed by atoms with Crippen molar-refractivity contribution in [1.29, 1.82) is 0 Å². The van der Waals surface area contributed by atoms with E-state index < -0.39 is 16.1 Å². The maximum Gasteiger partial charge on any atom is 0.337 e. The fourth-order valence-corrected chi connectivity index (χ4v) is 2.36. The van der Waals surface area contributed by atoms with E-state index in [4.69, 9.17) is 5.14 Å². The van der Waals surface area contributed by atoms with E-state index in [0.717, 1.165) is 5.56 Å². The number of anilines is 1. The lowest BCUT2D eigenvalue weighted by atomic mass is 10.1. The van der Waals surface area contributed by atoms with Crippen molar-refractivity contribution in [2.45, 2.75) is 11.3 Å². The van der Waals surface area contributed by atoms with E-state index in [0.29, 0.717) is 5.69 Å². The van der Waals surface area contributed by atoms with Gasteiger partial charge in [0.05, 0.1) is 11.3 Å². The van der Waals surface area contributed by atoms with Crippen molar-refractivity contribution in [3.05, 3.63) is 60.2 Å². The number of hydrogen-bond acceptors (Lipinski definition) is 4. The highest BCUT2D eigenvalue weighted by molar-refractivity contribution is 7.89. The minimum absolute atomic E-state index is 0.0652. The number of benzene rings is 2. The Morgan fingerprint density at radius 1 is 0.917 bits per heavy atom. The summed E-state index contributed by atoms with van der Waals surface area (Å²) in [7, 11) is -3.78. The first-order valence-electron chi connectivity index (χ1n) is 6.87. The molecule has 0 aliphatic rings. The van der Waals surface area contributed by atoms with Crippen LogP contribution in [0.2, 0.25) is 0 Å². The number of primary sulfonamides is 1. The Hall–Kier alpha value is -2.91. The molecule has 5 N–H and O–H groups in total. The van der Waals surface area contributed by atoms with Crippen molar-refractivity contribution in [1.82, 2.24) is 10.9 Å². The summed E-state index contributed by atoms with van der Waals surface area (Å²) in [5.41, 5.74) is 5.63. The molecular formula is C15H16N4O4S. The van der Waals surface area contributed by atoms with Crippen LogP contribution in [-0.4, -0.2) is 20.4 Å². The number of nitrogens with two attached hydrogens (primary N) is 1. The highest BCUT2D eigenvalue weighted by atomic mass is 32.2. The second kappa shape index (κ2) is 7.57. The number of carbonyl (C=O) groups excluding carboxylic acids is 2. The predicted molar refractivity (Wildman–Crippen MR) is 88.3 cm³/mol. The highest BCUT2D eigenvalue weighted by Gasteiger charge is 2.09. The first kappa shape index (κ1) is 17.4. The summed E-state index contributed by atoms with van der Waals surface area (Å²) in [6, 6.07) is 13.7. The van der Waals surface area contributed by atoms with Crippen LogP contribution in [0.1, 0.15) is 5.56 Å². The average molecular weight is 348 g/mol. The lowest BCUT2D eigenvalue weighted by Gasteiger charge is -2.09. The van der Waals surface area contributed by atoms with E-state index in [9.17, 15) is 18.0 Å². The summed E-state index contributed by atoms with van der Waals surface area (Å²) in [4.78, 5) is 23.3. The van der Waals surface area contributed by atoms with Crippen LogP contribution < -0.4 is 21.3 Å². The second-order valence-corrected chi connectivity index (χ2v) is 6.42. The van der Waals surface area contributed by atoms with Gasteiger partial charge in [-0.25, -0.2) is 23.8 Å². The lowest BCUT2D eigenvalue weighted by Crippen LogP contribution is -2.44. The average Bonchev–Trinajstić information content (AvgIpc) is 2.53. The van der Waals surface area contributed by atoms with Crippen LogP contribution in [0.4, 0.5) is 10.5 Å². The van der Waals surface area contributed by atoms with Crippen LogP contribution in [0, 0.1) is 0 Å². The fraction of sp³-hybridized carbons (Fsp3) is 0.0667. The van der Waals surface area contributed by atoms with E-state index in [-0.39, 0.29) is 17.2 Å². The lowest BCUT2D eigenvalue weighted by molar-refractivity contribution is -0.121. The van der Waals surface area contributed by atoms with Gasteiger partial charge in [0.25, 0.3) is 0 Å². The molecule has 0 saturated heterocycles. The molecule has 3 amide bonds. The number of nitrogens with one attached hydrogen (secondary N) is 3. The normalized spacial score (nSPS) is 10.7. The first-order valence-corrected chi connectivity index (χ1v) is 8.42. The smallest absolute Gasteiger partial charge is 0.307 e. The number of urea groups is 1. The quantitative estimate of drug-likeness (QED) is 0.607. The molecule has 126 valence electrons. The summed E-state index contributed by atoms with van der Waals surface area (Å²) in [5, 5.41) is 7.42. The Kier molecular flexibility index (Phi) is 5.51. The van der Waals surface area contributed by atoms with Crippen molar-refractivity contribution >= 4 is 27.6 Å². The number of hydrazine groups is 1. The van der Waals surface area contributed by atoms with E-state index in [1.165, 1.54) is 24.3 Å². The van der Waals surface area contributed by atoms with Crippen molar-refractivity contribution in [3.8, 4) is 0 Å². The van der Waals surface area contributed by atoms with Crippen LogP contribution in [0.15, 0.2) is 59.5 Å². The van der Waals surface area contributed by atoms with Gasteiger partial charge in [0, 0.05) is 5.69 Å². The van der Waals surface area contributed by atoms with Crippen molar-refractivity contribution in [3.63, 3.8) is 0 Å². The molecule has 8 nitrogen and oxygen atoms in total. The van der Waals surface area contributed by atoms with Gasteiger partial charge in [0.15, 0.2) is 0 Å². The minimum Gasteiger partial charge on any atom is -0.307 e. The van der Waals surface area contributed by atoms with Crippen molar-refractivity contribution < 1.29 is 18.0 Å². The predicted octanol–water partition coefficient (Wildman–Crippen LogP) is 0.729. The van der Waals surface area contributed by atoms with E-state index in [2.05, 4.69) is 16.2 Å². The monoisotopic (exact) mass is 348 g/mol. The van der Waals surface area contributed by atoms with Crippen LogP contribution in [0.25, 0.3) is 0 Å². The largest absolute Gasteiger partial charge is 0.337 e. The summed E-state index contributed by atoms with van der Waals surface area (Å²) >= 11 is 0. The van der Waals surface area contributed by atoms with Crippen LogP contribution >= 0.6 is 0 Å². The topological polar surface area (TPSA) is 130 Å². The summed E-state index contributed by atoms with van der Waals surface area (Å²) in [6.45, 7) is 0. The third kappa shape index (κ3) is 5.38. The molecule has 0 heterocycles. The Balaban J connectivity index is 1.82. The van der Waals surface area contributed by atoms with E-state index in [1.807, 2.05) is 18.2 Å². The molecule has 0 aliphatic carbocycles. The SMILES string of the molecule is NS(=O)(=O)c1ccc(NC(=O)NNC(=O)Cc2ccccc2)cc1. The standard InChI is InChI=1S/C15H16N4O4S/c16-24(22,23)13-8-6-12(7-9-13)17-15(21)19-18-14(20)10-11-4-2-1-3-5-11/h1-9H,10H2,(H,18,20)(H2,16,22,23)(H2,17,19,21). The van der Waals surface area contributed by atoms with Gasteiger partial charge in [0.1, 0.15) is 0 Å². The number of rotatable bonds is 4. The molecule has 0 aliphatic heterocycles. The minimum atomic E-state index is -3.78. The highest BCUT2D eigenvalue weighted by Crippen LogP contribution is 2.12. The number of hydrogen-bond donors (Lipinski definition) is 4. The molecule has 0 unspecified atom stereocenters. The zero-order valence-electron chi connectivity index (χ0n) is 12.5. The maximum absolute atomic E-state index is 11.7. The molecule has 0 atom stereocenters. The third-order valence-electron chi connectivity index (χ3n) is 2.96. The van der Waals surface area contributed by atoms with Gasteiger partial charge in [-0.05, 0) is 29.8 Å². The van der Waals surface area contributed by atoms with Gasteiger partial charge in [-0.1, -0.05) is 30.3 Å². The second-order valence-electron chi connectivity index (χ2n) is 4.86. The number of carbonyl (C=O) groups is 2. The Labute approximate surface area is 139 Å². The van der Waals surface area contributed by atoms with Crippen molar-refractivity contribution in [2.75, 3.05) is 5.32 Å². The number of sulfonamides is 1. The molecular weight excluding hydrogens is 332 g/mol. The third-order valence-corrected chi connectivity index (χ3v) is 3.89. The molecule has 0 saturated carbocycles. The summed E-state index contributed by atoms with van der Waals surface area (Å²) in [6.07, 6.45) is 0.129. The zero-order valence-corrected chi connectivity index (χ0v) is 13.3. The molecule has 9 heteroatoms. The van der Waals surface area contributed by atoms with Gasteiger partial charge < -0.3 is 5.32 Å². The molecule has 2 aromatic carbocycles. The molecule has 2 rings (SSSR count). The molecule has 24 heavy (non-hydrogen) atoms. The van der Waals surface area contributed by atoms with E-state index in [1.54, 1.807) is 12.1 Å². The van der Waals surface area contributed by atoms with Gasteiger partial charge in [-0.15, -0.1) is 0 Å². The first-order chi connectivity index (χ1) is 11.3. The summed E-state index contributed by atoms with van der Waals surface area (Å²) in [5.74, 6) is -0.374. The van der Waals surface area contributed by atoms with Gasteiger partial charge in [-0.2, -0.15) is 0 Å². The van der Waals surface area contributed by atoms with E-state index >= 15 is 0 Å². The van der Waals surface area contributed by atoms with Gasteiger partial charge >= 0.3 is 6.03 Å². The van der Waals surface area contributed by atoms with Gasteiger partial charge in [0.2, 0.25) is 15.9 Å². The zero-order chi connectivity index (χ0) is 17.6.